The maximum atomic E-state index is 2.81. The quantitative estimate of drug-likeness (QED) is 0.390. The van der Waals surface area contributed by atoms with Gasteiger partial charge in [0.25, 0.3) is 0 Å². The first-order valence-corrected chi connectivity index (χ1v) is 17.2. The molecule has 4 saturated carbocycles. The van der Waals surface area contributed by atoms with Crippen LogP contribution in [0.1, 0.15) is 195 Å². The zero-order valence-corrected chi connectivity index (χ0v) is 23.3. The lowest BCUT2D eigenvalue weighted by molar-refractivity contribution is 0.321. The van der Waals surface area contributed by atoms with Gasteiger partial charge in [0.1, 0.15) is 0 Å². The van der Waals surface area contributed by atoms with Gasteiger partial charge in [-0.1, -0.05) is 11.8 Å². The van der Waals surface area contributed by atoms with Crippen molar-refractivity contribution in [3.05, 3.63) is 56.6 Å². The fraction of sp³-hybridized carbons (Fsp3) is 0.667. The molecule has 0 aliphatic heterocycles. The van der Waals surface area contributed by atoms with Gasteiger partial charge in [0, 0.05) is 9.79 Å². The SMILES string of the molecule is c1c(Sc2cc3c(c4c2C2CCC4CC2)C2CCC3CC2)c2c(c3c1C1CCC3CC1)C1CCC2CC1. The van der Waals surface area contributed by atoms with Crippen LogP contribution in [0.25, 0.3) is 0 Å². The molecule has 0 spiro atoms. The predicted molar refractivity (Wildman–Crippen MR) is 153 cm³/mol. The molecule has 192 valence electrons. The third-order valence-corrected chi connectivity index (χ3v) is 14.5. The fourth-order valence-corrected chi connectivity index (χ4v) is 13.2. The third kappa shape index (κ3) is 2.84. The summed E-state index contributed by atoms with van der Waals surface area (Å²) < 4.78 is 0. The summed E-state index contributed by atoms with van der Waals surface area (Å²) in [5.74, 6) is 7.02. The molecule has 0 unspecified atom stereocenters. The highest BCUT2D eigenvalue weighted by Crippen LogP contribution is 2.63. The third-order valence-electron chi connectivity index (χ3n) is 13.3. The van der Waals surface area contributed by atoms with E-state index in [-0.39, 0.29) is 0 Å². The molecule has 12 aliphatic rings. The summed E-state index contributed by atoms with van der Waals surface area (Å²) >= 11 is 2.30. The highest BCUT2D eigenvalue weighted by atomic mass is 32.2. The average molecular weight is 507 g/mol. The lowest BCUT2D eigenvalue weighted by atomic mass is 9.58. The van der Waals surface area contributed by atoms with Crippen LogP contribution in [-0.4, -0.2) is 0 Å². The predicted octanol–water partition coefficient (Wildman–Crippen LogP) is 10.9. The highest BCUT2D eigenvalue weighted by Gasteiger charge is 2.45. The largest absolute Gasteiger partial charge is 0.0895 e. The summed E-state index contributed by atoms with van der Waals surface area (Å²) in [6, 6.07) is 5.63. The Morgan fingerprint density at radius 1 is 0.324 bits per heavy atom. The van der Waals surface area contributed by atoms with Gasteiger partial charge in [-0.25, -0.2) is 0 Å². The van der Waals surface area contributed by atoms with Crippen molar-refractivity contribution in [2.24, 2.45) is 0 Å². The van der Waals surface area contributed by atoms with Crippen LogP contribution in [0, 0.1) is 0 Å². The van der Waals surface area contributed by atoms with Crippen molar-refractivity contribution in [3.8, 4) is 0 Å². The van der Waals surface area contributed by atoms with Crippen LogP contribution >= 0.6 is 11.8 Å². The lowest BCUT2D eigenvalue weighted by Gasteiger charge is -2.48. The van der Waals surface area contributed by atoms with Crippen molar-refractivity contribution in [1.29, 1.82) is 0 Å². The Bertz CT molecular complexity index is 1200. The van der Waals surface area contributed by atoms with Crippen molar-refractivity contribution >= 4 is 11.8 Å². The van der Waals surface area contributed by atoms with Gasteiger partial charge >= 0.3 is 0 Å². The van der Waals surface area contributed by atoms with Gasteiger partial charge in [0.2, 0.25) is 0 Å². The van der Waals surface area contributed by atoms with Crippen molar-refractivity contribution < 1.29 is 0 Å². The standard InChI is InChI=1S/C36H42S/c1-5-21-6-2-19(1)27-17-29(33-23-9-13-25(14-10-23)35(33)31(21)27)37-30-18-28-20-3-7-22(8-4-20)32(28)36-26-15-11-24(12-16-26)34(30)36/h17-26H,1-16H2. The first kappa shape index (κ1) is 21.6. The van der Waals surface area contributed by atoms with Gasteiger partial charge < -0.3 is 0 Å². The minimum absolute atomic E-state index is 0.856. The Balaban J connectivity index is 1.19. The summed E-state index contributed by atoms with van der Waals surface area (Å²) in [4.78, 5) is 3.47. The molecule has 0 atom stereocenters. The molecule has 2 aromatic rings. The van der Waals surface area contributed by atoms with Crippen LogP contribution in [0.2, 0.25) is 0 Å². The van der Waals surface area contributed by atoms with Crippen LogP contribution in [-0.2, 0) is 0 Å². The molecule has 0 heterocycles. The maximum absolute atomic E-state index is 2.81. The number of rotatable bonds is 2. The Kier molecular flexibility index (Phi) is 4.50. The van der Waals surface area contributed by atoms with E-state index in [1.54, 1.807) is 9.79 Å². The normalized spacial score (nSPS) is 39.4. The summed E-state index contributed by atoms with van der Waals surface area (Å²) in [6.45, 7) is 0. The van der Waals surface area contributed by atoms with Gasteiger partial charge in [0.15, 0.2) is 0 Å². The molecule has 0 saturated heterocycles. The monoisotopic (exact) mass is 506 g/mol. The van der Waals surface area contributed by atoms with Crippen LogP contribution in [0.4, 0.5) is 0 Å². The minimum atomic E-state index is 0.856. The van der Waals surface area contributed by atoms with Crippen LogP contribution in [0.5, 0.6) is 0 Å². The second-order valence-corrected chi connectivity index (χ2v) is 15.8. The van der Waals surface area contributed by atoms with Crippen molar-refractivity contribution in [2.45, 2.75) is 160 Å². The summed E-state index contributed by atoms with van der Waals surface area (Å²) in [7, 11) is 0. The van der Waals surface area contributed by atoms with E-state index in [4.69, 9.17) is 0 Å². The molecule has 12 aliphatic carbocycles. The maximum Gasteiger partial charge on any atom is 0.0163 e. The number of hydrogen-bond acceptors (Lipinski definition) is 1. The van der Waals surface area contributed by atoms with E-state index in [9.17, 15) is 0 Å². The zero-order chi connectivity index (χ0) is 23.8. The second-order valence-electron chi connectivity index (χ2n) is 14.7. The Morgan fingerprint density at radius 3 is 0.946 bits per heavy atom. The molecule has 0 amide bonds. The van der Waals surface area contributed by atoms with Crippen LogP contribution in [0.3, 0.4) is 0 Å². The molecule has 1 heteroatoms. The molecule has 14 rings (SSSR count). The molecular weight excluding hydrogens is 464 g/mol. The molecule has 0 aromatic heterocycles. The van der Waals surface area contributed by atoms with E-state index >= 15 is 0 Å². The summed E-state index contributed by atoms with van der Waals surface area (Å²) in [5.41, 5.74) is 15.1. The summed E-state index contributed by atoms with van der Waals surface area (Å²) in [6.07, 6.45) is 23.6. The molecule has 0 nitrogen and oxygen atoms in total. The number of fused-ring (bicyclic) bond motifs is 8. The van der Waals surface area contributed by atoms with E-state index in [1.807, 2.05) is 44.5 Å². The fourth-order valence-electron chi connectivity index (χ4n) is 11.8. The van der Waals surface area contributed by atoms with E-state index in [1.165, 1.54) is 103 Å². The molecule has 0 radical (unpaired) electrons. The van der Waals surface area contributed by atoms with Crippen LogP contribution < -0.4 is 0 Å². The Hall–Kier alpha value is -1.21. The van der Waals surface area contributed by atoms with Crippen molar-refractivity contribution in [2.75, 3.05) is 0 Å². The number of benzene rings is 2. The van der Waals surface area contributed by atoms with Gasteiger partial charge in [-0.3, -0.25) is 0 Å². The topological polar surface area (TPSA) is 0 Å². The van der Waals surface area contributed by atoms with Gasteiger partial charge in [-0.15, -0.1) is 0 Å². The highest BCUT2D eigenvalue weighted by molar-refractivity contribution is 7.99. The molecule has 37 heavy (non-hydrogen) atoms. The zero-order valence-electron chi connectivity index (χ0n) is 22.5. The van der Waals surface area contributed by atoms with E-state index in [2.05, 4.69) is 23.9 Å². The molecular formula is C36H42S. The minimum Gasteiger partial charge on any atom is -0.0895 e. The first-order chi connectivity index (χ1) is 18.3. The summed E-state index contributed by atoms with van der Waals surface area (Å²) in [5, 5.41) is 0. The van der Waals surface area contributed by atoms with Crippen LogP contribution in [0.15, 0.2) is 21.9 Å². The lowest BCUT2D eigenvalue weighted by Crippen LogP contribution is -2.31. The van der Waals surface area contributed by atoms with E-state index in [0.717, 1.165) is 47.3 Å². The first-order valence-electron chi connectivity index (χ1n) is 16.4. The van der Waals surface area contributed by atoms with E-state index in [0.29, 0.717) is 0 Å². The molecule has 8 bridgehead atoms. The Labute approximate surface area is 227 Å². The molecule has 2 aromatic carbocycles. The van der Waals surface area contributed by atoms with Crippen molar-refractivity contribution in [3.63, 3.8) is 0 Å². The second kappa shape index (κ2) is 7.71. The number of hydrogen-bond donors (Lipinski definition) is 0. The molecule has 0 N–H and O–H groups in total. The molecule has 4 fully saturated rings. The van der Waals surface area contributed by atoms with Gasteiger partial charge in [-0.05, 0) is 207 Å². The Morgan fingerprint density at radius 2 is 0.595 bits per heavy atom. The smallest absolute Gasteiger partial charge is 0.0163 e. The van der Waals surface area contributed by atoms with Crippen molar-refractivity contribution in [1.82, 2.24) is 0 Å². The average Bonchev–Trinajstić information content (AvgIpc) is 2.99. The van der Waals surface area contributed by atoms with Gasteiger partial charge in [0.05, 0.1) is 0 Å². The van der Waals surface area contributed by atoms with Gasteiger partial charge in [-0.2, -0.15) is 0 Å². The van der Waals surface area contributed by atoms with E-state index < -0.39 is 0 Å².